The number of hydrogen-bond donors (Lipinski definition) is 1. The molecule has 6 heteroatoms. The molecule has 1 aromatic carbocycles. The molecule has 0 unspecified atom stereocenters. The Kier molecular flexibility index (Phi) is 3.14. The maximum absolute atomic E-state index is 11.1. The van der Waals surface area contributed by atoms with Crippen LogP contribution in [0.2, 0.25) is 0 Å². The summed E-state index contributed by atoms with van der Waals surface area (Å²) in [5.74, 6) is -0.874. The standard InChI is InChI=1S/C11H10N2O3S/c1-13(11-12-9(14)6-17-11)8-5-3-2-4-7(8)10(15)16/h2-5H,6H2,1H3,(H,15,16). The minimum Gasteiger partial charge on any atom is -0.478 e. The summed E-state index contributed by atoms with van der Waals surface area (Å²) in [5.41, 5.74) is 0.721. The Morgan fingerprint density at radius 2 is 2.18 bits per heavy atom. The lowest BCUT2D eigenvalue weighted by atomic mass is 10.1. The number of anilines is 1. The summed E-state index contributed by atoms with van der Waals surface area (Å²) >= 11 is 1.31. The maximum Gasteiger partial charge on any atom is 0.337 e. The van der Waals surface area contributed by atoms with E-state index in [1.807, 2.05) is 0 Å². The normalized spacial score (nSPS) is 14.6. The molecule has 1 aliphatic rings. The summed E-state index contributed by atoms with van der Waals surface area (Å²) in [6, 6.07) is 6.63. The highest BCUT2D eigenvalue weighted by molar-refractivity contribution is 8.15. The first-order valence-electron chi connectivity index (χ1n) is 4.90. The second-order valence-electron chi connectivity index (χ2n) is 3.46. The van der Waals surface area contributed by atoms with Gasteiger partial charge < -0.3 is 10.0 Å². The second kappa shape index (κ2) is 4.58. The van der Waals surface area contributed by atoms with Gasteiger partial charge in [-0.25, -0.2) is 4.79 Å². The van der Waals surface area contributed by atoms with Crippen molar-refractivity contribution in [1.82, 2.24) is 0 Å². The third-order valence-corrected chi connectivity index (χ3v) is 3.34. The Morgan fingerprint density at radius 1 is 1.47 bits per heavy atom. The Balaban J connectivity index is 2.37. The number of aromatic carboxylic acids is 1. The van der Waals surface area contributed by atoms with Crippen LogP contribution >= 0.6 is 11.8 Å². The number of aliphatic imine (C=N–C) groups is 1. The smallest absolute Gasteiger partial charge is 0.337 e. The Hall–Kier alpha value is -1.82. The van der Waals surface area contributed by atoms with Crippen molar-refractivity contribution in [2.45, 2.75) is 0 Å². The number of thioether (sulfide) groups is 1. The molecule has 0 saturated heterocycles. The molecule has 1 aliphatic heterocycles. The van der Waals surface area contributed by atoms with Gasteiger partial charge in [0.2, 0.25) is 0 Å². The number of nitrogens with zero attached hydrogens (tertiary/aromatic N) is 2. The zero-order chi connectivity index (χ0) is 12.4. The fourth-order valence-corrected chi connectivity index (χ4v) is 2.29. The minimum atomic E-state index is -0.998. The van der Waals surface area contributed by atoms with Crippen molar-refractivity contribution < 1.29 is 14.7 Å². The molecule has 1 amide bonds. The van der Waals surface area contributed by atoms with E-state index < -0.39 is 5.97 Å². The number of carbonyl (C=O) groups is 2. The summed E-state index contributed by atoms with van der Waals surface area (Å²) in [5, 5.41) is 9.60. The summed E-state index contributed by atoms with van der Waals surface area (Å²) in [4.78, 5) is 27.6. The average molecular weight is 250 g/mol. The van der Waals surface area contributed by atoms with E-state index in [4.69, 9.17) is 5.11 Å². The molecule has 0 spiro atoms. The van der Waals surface area contributed by atoms with Gasteiger partial charge >= 0.3 is 5.97 Å². The molecule has 0 aliphatic carbocycles. The van der Waals surface area contributed by atoms with Gasteiger partial charge in [0.25, 0.3) is 5.91 Å². The Labute approximate surface area is 102 Å². The van der Waals surface area contributed by atoms with E-state index in [0.717, 1.165) is 0 Å². The third-order valence-electron chi connectivity index (χ3n) is 2.33. The van der Waals surface area contributed by atoms with Crippen molar-refractivity contribution in [3.05, 3.63) is 29.8 Å². The molecule has 0 radical (unpaired) electrons. The van der Waals surface area contributed by atoms with Gasteiger partial charge in [0.15, 0.2) is 5.17 Å². The predicted molar refractivity (Wildman–Crippen MR) is 66.7 cm³/mol. The Bertz CT molecular complexity index is 513. The number of benzene rings is 1. The number of amidine groups is 1. The quantitative estimate of drug-likeness (QED) is 0.860. The van der Waals surface area contributed by atoms with Crippen molar-refractivity contribution in [1.29, 1.82) is 0 Å². The van der Waals surface area contributed by atoms with Crippen LogP contribution in [0, 0.1) is 0 Å². The van der Waals surface area contributed by atoms with Gasteiger partial charge in [0, 0.05) is 7.05 Å². The molecule has 0 aromatic heterocycles. The number of hydrogen-bond acceptors (Lipinski definition) is 4. The molecule has 1 aromatic rings. The predicted octanol–water partition coefficient (Wildman–Crippen LogP) is 1.45. The maximum atomic E-state index is 11.1. The van der Waals surface area contributed by atoms with Crippen LogP contribution in [0.3, 0.4) is 0 Å². The van der Waals surface area contributed by atoms with E-state index in [2.05, 4.69) is 4.99 Å². The first-order chi connectivity index (χ1) is 8.09. The van der Waals surface area contributed by atoms with Crippen LogP contribution in [0.25, 0.3) is 0 Å². The highest BCUT2D eigenvalue weighted by Crippen LogP contribution is 2.25. The van der Waals surface area contributed by atoms with Gasteiger partial charge in [-0.05, 0) is 12.1 Å². The van der Waals surface area contributed by atoms with Crippen molar-refractivity contribution in [2.75, 3.05) is 17.7 Å². The summed E-state index contributed by atoms with van der Waals surface area (Å²) in [6.07, 6.45) is 0. The molecule has 0 fully saturated rings. The zero-order valence-electron chi connectivity index (χ0n) is 9.08. The van der Waals surface area contributed by atoms with E-state index in [1.165, 1.54) is 17.8 Å². The molecule has 88 valence electrons. The molecule has 0 atom stereocenters. The van der Waals surface area contributed by atoms with Crippen molar-refractivity contribution >= 4 is 34.5 Å². The first-order valence-corrected chi connectivity index (χ1v) is 5.88. The summed E-state index contributed by atoms with van der Waals surface area (Å²) in [6.45, 7) is 0. The van der Waals surface area contributed by atoms with E-state index in [-0.39, 0.29) is 11.5 Å². The number of carbonyl (C=O) groups excluding carboxylic acids is 1. The van der Waals surface area contributed by atoms with Crippen molar-refractivity contribution in [3.8, 4) is 0 Å². The highest BCUT2D eigenvalue weighted by atomic mass is 32.2. The van der Waals surface area contributed by atoms with Gasteiger partial charge in [-0.15, -0.1) is 0 Å². The SMILES string of the molecule is CN(C1=NC(=O)CS1)c1ccccc1C(=O)O. The number of rotatable bonds is 2. The van der Waals surface area contributed by atoms with Crippen LogP contribution in [-0.4, -0.2) is 35.0 Å². The molecule has 1 N–H and O–H groups in total. The highest BCUT2D eigenvalue weighted by Gasteiger charge is 2.22. The molecule has 17 heavy (non-hydrogen) atoms. The molecule has 2 rings (SSSR count). The molecular weight excluding hydrogens is 240 g/mol. The van der Waals surface area contributed by atoms with Crippen LogP contribution in [0.1, 0.15) is 10.4 Å². The molecule has 0 bridgehead atoms. The lowest BCUT2D eigenvalue weighted by Crippen LogP contribution is -2.24. The lowest BCUT2D eigenvalue weighted by molar-refractivity contribution is -0.115. The number of carboxylic acids is 1. The zero-order valence-corrected chi connectivity index (χ0v) is 9.90. The van der Waals surface area contributed by atoms with Gasteiger partial charge in [-0.3, -0.25) is 4.79 Å². The first kappa shape index (κ1) is 11.7. The van der Waals surface area contributed by atoms with Gasteiger partial charge in [0.05, 0.1) is 17.0 Å². The van der Waals surface area contributed by atoms with Crippen LogP contribution in [0.15, 0.2) is 29.3 Å². The van der Waals surface area contributed by atoms with Crippen LogP contribution in [0.4, 0.5) is 5.69 Å². The Morgan fingerprint density at radius 3 is 2.76 bits per heavy atom. The van der Waals surface area contributed by atoms with Crippen LogP contribution in [-0.2, 0) is 4.79 Å². The minimum absolute atomic E-state index is 0.190. The van der Waals surface area contributed by atoms with Crippen molar-refractivity contribution in [3.63, 3.8) is 0 Å². The van der Waals surface area contributed by atoms with Crippen molar-refractivity contribution in [2.24, 2.45) is 4.99 Å². The number of amides is 1. The topological polar surface area (TPSA) is 70.0 Å². The average Bonchev–Trinajstić information content (AvgIpc) is 2.75. The van der Waals surface area contributed by atoms with E-state index >= 15 is 0 Å². The summed E-state index contributed by atoms with van der Waals surface area (Å²) in [7, 11) is 1.70. The van der Waals surface area contributed by atoms with E-state index in [0.29, 0.717) is 16.6 Å². The number of carboxylic acid groups (broad SMARTS) is 1. The molecular formula is C11H10N2O3S. The molecule has 0 saturated carbocycles. The van der Waals surface area contributed by atoms with Gasteiger partial charge in [-0.2, -0.15) is 4.99 Å². The number of para-hydroxylation sites is 1. The summed E-state index contributed by atoms with van der Waals surface area (Å²) < 4.78 is 0. The largest absolute Gasteiger partial charge is 0.478 e. The van der Waals surface area contributed by atoms with E-state index in [9.17, 15) is 9.59 Å². The fraction of sp³-hybridized carbons (Fsp3) is 0.182. The van der Waals surface area contributed by atoms with Gasteiger partial charge in [0.1, 0.15) is 0 Å². The fourth-order valence-electron chi connectivity index (χ4n) is 1.52. The molecule has 1 heterocycles. The molecule has 5 nitrogen and oxygen atoms in total. The van der Waals surface area contributed by atoms with Gasteiger partial charge in [-0.1, -0.05) is 23.9 Å². The van der Waals surface area contributed by atoms with Crippen LogP contribution < -0.4 is 4.90 Å². The second-order valence-corrected chi connectivity index (χ2v) is 4.40. The van der Waals surface area contributed by atoms with E-state index in [1.54, 1.807) is 30.1 Å². The lowest BCUT2D eigenvalue weighted by Gasteiger charge is -2.19. The van der Waals surface area contributed by atoms with Crippen LogP contribution in [0.5, 0.6) is 0 Å². The third kappa shape index (κ3) is 2.31. The monoisotopic (exact) mass is 250 g/mol.